The van der Waals surface area contributed by atoms with E-state index in [9.17, 15) is 38.4 Å². The highest BCUT2D eigenvalue weighted by molar-refractivity contribution is 6.12. The van der Waals surface area contributed by atoms with Crippen molar-refractivity contribution in [1.29, 1.82) is 0 Å². The van der Waals surface area contributed by atoms with Crippen molar-refractivity contribution < 1.29 is 47.8 Å². The minimum Gasteiger partial charge on any atom is -0.458 e. The summed E-state index contributed by atoms with van der Waals surface area (Å²) in [5.41, 5.74) is -2.08. The molecule has 368 valence electrons. The number of amides is 7. The molecule has 66 heavy (non-hydrogen) atoms. The monoisotopic (exact) mass is 923 g/mol. The molecule has 0 saturated heterocycles. The predicted octanol–water partition coefficient (Wildman–Crippen LogP) is 5.98. The number of hydrogen-bond acceptors (Lipinski definition) is 10. The SMILES string of the molecule is C/C(=C\[C@H](C(C)C)N(C)C(=O)C(CC(C)(C)C)NC(=O)[C@@H](N(C)C(=O)OC(C)(C)C)C(C)(C)c1ccccc1)C(=O)NC(CCC(=O)NCCCCN1C(=O)C=CC1=O)C(=O)OC(C)(C)C. The molecule has 4 atom stereocenters. The highest BCUT2D eigenvalue weighted by Gasteiger charge is 2.45. The van der Waals surface area contributed by atoms with Crippen LogP contribution in [0.4, 0.5) is 4.79 Å². The number of nitrogens with one attached hydrogen (secondary N) is 3. The van der Waals surface area contributed by atoms with E-state index in [1.54, 1.807) is 61.6 Å². The van der Waals surface area contributed by atoms with Crippen LogP contribution >= 0.6 is 0 Å². The average molecular weight is 923 g/mol. The fourth-order valence-electron chi connectivity index (χ4n) is 7.52. The maximum atomic E-state index is 14.7. The van der Waals surface area contributed by atoms with Gasteiger partial charge in [0.25, 0.3) is 11.8 Å². The van der Waals surface area contributed by atoms with Crippen molar-refractivity contribution in [2.45, 2.75) is 170 Å². The smallest absolute Gasteiger partial charge is 0.410 e. The maximum Gasteiger partial charge on any atom is 0.410 e. The first-order valence-corrected chi connectivity index (χ1v) is 22.9. The molecule has 16 heteroatoms. The molecular formula is C50H78N6O10. The van der Waals surface area contributed by atoms with Crippen molar-refractivity contribution in [2.75, 3.05) is 27.2 Å². The zero-order chi connectivity index (χ0) is 50.5. The normalized spacial score (nSPS) is 15.4. The zero-order valence-electron chi connectivity index (χ0n) is 42.4. The minimum atomic E-state index is -1.18. The number of carbonyl (C=O) groups is 8. The summed E-state index contributed by atoms with van der Waals surface area (Å²) in [6.45, 7) is 25.8. The topological polar surface area (TPSA) is 201 Å². The number of imide groups is 1. The molecule has 1 aromatic rings. The summed E-state index contributed by atoms with van der Waals surface area (Å²) in [5.74, 6) is -3.58. The Bertz CT molecular complexity index is 1940. The van der Waals surface area contributed by atoms with Gasteiger partial charge in [-0.1, -0.05) is 84.9 Å². The van der Waals surface area contributed by atoms with Gasteiger partial charge in [-0.25, -0.2) is 9.59 Å². The number of carbonyl (C=O) groups excluding carboxylic acids is 8. The number of likely N-dealkylation sites (N-methyl/N-ethyl adjacent to an activating group) is 2. The molecule has 1 aliphatic heterocycles. The zero-order valence-corrected chi connectivity index (χ0v) is 42.4. The number of rotatable bonds is 21. The van der Waals surface area contributed by atoms with Crippen LogP contribution in [0.15, 0.2) is 54.1 Å². The Morgan fingerprint density at radius 2 is 1.32 bits per heavy atom. The first kappa shape index (κ1) is 56.6. The lowest BCUT2D eigenvalue weighted by molar-refractivity contribution is -0.158. The van der Waals surface area contributed by atoms with Crippen LogP contribution in [0.5, 0.6) is 0 Å². The average Bonchev–Trinajstić information content (AvgIpc) is 3.51. The van der Waals surface area contributed by atoms with E-state index in [1.165, 1.54) is 29.0 Å². The van der Waals surface area contributed by atoms with Crippen LogP contribution in [0.3, 0.4) is 0 Å². The molecule has 3 N–H and O–H groups in total. The van der Waals surface area contributed by atoms with Gasteiger partial charge in [0.15, 0.2) is 0 Å². The van der Waals surface area contributed by atoms with Gasteiger partial charge in [0, 0.05) is 56.7 Å². The first-order valence-electron chi connectivity index (χ1n) is 22.9. The van der Waals surface area contributed by atoms with Crippen molar-refractivity contribution in [3.63, 3.8) is 0 Å². The van der Waals surface area contributed by atoms with Crippen molar-refractivity contribution in [3.8, 4) is 0 Å². The number of ether oxygens (including phenoxy) is 2. The van der Waals surface area contributed by atoms with Crippen LogP contribution in [0, 0.1) is 11.3 Å². The lowest BCUT2D eigenvalue weighted by atomic mass is 9.76. The van der Waals surface area contributed by atoms with E-state index in [2.05, 4.69) is 16.0 Å². The molecule has 0 radical (unpaired) electrons. The number of esters is 1. The van der Waals surface area contributed by atoms with Crippen LogP contribution < -0.4 is 16.0 Å². The quantitative estimate of drug-likeness (QED) is 0.0571. The van der Waals surface area contributed by atoms with Crippen LogP contribution in [0.2, 0.25) is 0 Å². The van der Waals surface area contributed by atoms with E-state index in [4.69, 9.17) is 9.47 Å². The molecule has 0 fully saturated rings. The summed E-state index contributed by atoms with van der Waals surface area (Å²) in [6.07, 6.45) is 4.46. The van der Waals surface area contributed by atoms with E-state index in [-0.39, 0.29) is 61.6 Å². The van der Waals surface area contributed by atoms with E-state index in [0.29, 0.717) is 12.8 Å². The molecule has 0 aromatic heterocycles. The third-order valence-electron chi connectivity index (χ3n) is 10.9. The van der Waals surface area contributed by atoms with Crippen molar-refractivity contribution in [1.82, 2.24) is 30.7 Å². The van der Waals surface area contributed by atoms with Gasteiger partial charge in [-0.2, -0.15) is 0 Å². The van der Waals surface area contributed by atoms with Crippen LogP contribution in [0.25, 0.3) is 0 Å². The summed E-state index contributed by atoms with van der Waals surface area (Å²) in [7, 11) is 3.12. The third-order valence-corrected chi connectivity index (χ3v) is 10.9. The Balaban J connectivity index is 2.34. The second-order valence-electron chi connectivity index (χ2n) is 21.3. The summed E-state index contributed by atoms with van der Waals surface area (Å²) < 4.78 is 11.3. The Kier molecular flexibility index (Phi) is 20.4. The van der Waals surface area contributed by atoms with Crippen molar-refractivity contribution >= 4 is 47.5 Å². The minimum absolute atomic E-state index is 0.0619. The van der Waals surface area contributed by atoms with Gasteiger partial charge in [-0.15, -0.1) is 0 Å². The second-order valence-corrected chi connectivity index (χ2v) is 21.3. The molecule has 1 aromatic carbocycles. The number of nitrogens with zero attached hydrogens (tertiary/aromatic N) is 3. The van der Waals surface area contributed by atoms with E-state index >= 15 is 0 Å². The van der Waals surface area contributed by atoms with Gasteiger partial charge in [0.1, 0.15) is 29.3 Å². The molecular weight excluding hydrogens is 845 g/mol. The molecule has 0 saturated carbocycles. The molecule has 2 rings (SSSR count). The second kappa shape index (κ2) is 23.8. The molecule has 2 unspecified atom stereocenters. The molecule has 0 spiro atoms. The summed E-state index contributed by atoms with van der Waals surface area (Å²) in [6, 6.07) is 5.38. The summed E-state index contributed by atoms with van der Waals surface area (Å²) >= 11 is 0. The van der Waals surface area contributed by atoms with Crippen LogP contribution in [-0.4, -0.2) is 125 Å². The van der Waals surface area contributed by atoms with E-state index in [1.807, 2.05) is 78.8 Å². The Morgan fingerprint density at radius 3 is 1.83 bits per heavy atom. The summed E-state index contributed by atoms with van der Waals surface area (Å²) in [5, 5.41) is 8.54. The van der Waals surface area contributed by atoms with E-state index < -0.39 is 76.0 Å². The lowest BCUT2D eigenvalue weighted by Crippen LogP contribution is -2.61. The number of unbranched alkanes of at least 4 members (excludes halogenated alkanes) is 1. The van der Waals surface area contributed by atoms with Crippen LogP contribution in [-0.2, 0) is 48.5 Å². The third kappa shape index (κ3) is 18.0. The molecule has 1 aliphatic rings. The first-order chi connectivity index (χ1) is 30.3. The molecule has 16 nitrogen and oxygen atoms in total. The maximum absolute atomic E-state index is 14.7. The van der Waals surface area contributed by atoms with Gasteiger partial charge in [0.2, 0.25) is 23.6 Å². The van der Waals surface area contributed by atoms with Gasteiger partial charge in [0.05, 0.1) is 6.04 Å². The predicted molar refractivity (Wildman–Crippen MR) is 254 cm³/mol. The Morgan fingerprint density at radius 1 is 0.758 bits per heavy atom. The lowest BCUT2D eigenvalue weighted by Gasteiger charge is -2.41. The van der Waals surface area contributed by atoms with Gasteiger partial charge in [-0.05, 0) is 91.0 Å². The highest BCUT2D eigenvalue weighted by Crippen LogP contribution is 2.32. The highest BCUT2D eigenvalue weighted by atomic mass is 16.6. The molecule has 0 bridgehead atoms. The Hall–Kier alpha value is -5.54. The fraction of sp³-hybridized carbons (Fsp3) is 0.640. The standard InChI is InChI=1S/C50H78N6O10/c1-32(2)37(30-33(3)42(60)52-35(45(63)65-48(7,8)9)24-25-38(57)51-28-20-21-29-56-39(58)26-27-40(56)59)54(15)44(62)36(31-47(4,5)6)53-43(61)41(55(16)46(64)66-49(10,11)12)50(13,14)34-22-18-17-19-23-34/h17-19,22-23,26-27,30,32,35-37,41H,20-21,24-25,28-29,31H2,1-16H3,(H,51,57)(H,52,60)(H,53,61)/b33-30+/t35?,36?,37-,41-/m1/s1. The number of benzene rings is 1. The van der Waals surface area contributed by atoms with Gasteiger partial charge >= 0.3 is 12.1 Å². The largest absolute Gasteiger partial charge is 0.458 e. The number of hydrogen-bond donors (Lipinski definition) is 3. The van der Waals surface area contributed by atoms with E-state index in [0.717, 1.165) is 10.5 Å². The molecule has 7 amide bonds. The van der Waals surface area contributed by atoms with Crippen LogP contribution in [0.1, 0.15) is 135 Å². The molecule has 1 heterocycles. The Labute approximate surface area is 393 Å². The molecule has 0 aliphatic carbocycles. The van der Waals surface area contributed by atoms with Crippen molar-refractivity contribution in [2.24, 2.45) is 11.3 Å². The van der Waals surface area contributed by atoms with Crippen molar-refractivity contribution in [3.05, 3.63) is 59.7 Å². The fourth-order valence-corrected chi connectivity index (χ4v) is 7.52. The summed E-state index contributed by atoms with van der Waals surface area (Å²) in [4.78, 5) is 110. The van der Waals surface area contributed by atoms with Gasteiger partial charge in [-0.3, -0.25) is 38.6 Å². The van der Waals surface area contributed by atoms with Gasteiger partial charge < -0.3 is 30.3 Å².